The fourth-order valence-corrected chi connectivity index (χ4v) is 4.89. The summed E-state index contributed by atoms with van der Waals surface area (Å²) in [6.07, 6.45) is 8.71. The number of likely N-dealkylation sites (tertiary alicyclic amines) is 1. The summed E-state index contributed by atoms with van der Waals surface area (Å²) in [6, 6.07) is 1.93. The van der Waals surface area contributed by atoms with Gasteiger partial charge in [0.1, 0.15) is 5.82 Å². The number of anilines is 2. The molecule has 4 rings (SSSR count). The third-order valence-corrected chi connectivity index (χ3v) is 6.53. The summed E-state index contributed by atoms with van der Waals surface area (Å²) in [5.41, 5.74) is 0. The van der Waals surface area contributed by atoms with Crippen molar-refractivity contribution in [3.05, 3.63) is 12.3 Å². The van der Waals surface area contributed by atoms with Crippen molar-refractivity contribution >= 4 is 17.7 Å². The van der Waals surface area contributed by atoms with Gasteiger partial charge in [0.25, 0.3) is 0 Å². The molecule has 1 aromatic rings. The van der Waals surface area contributed by atoms with Crippen LogP contribution in [0.3, 0.4) is 0 Å². The highest BCUT2D eigenvalue weighted by Gasteiger charge is 2.38. The van der Waals surface area contributed by atoms with E-state index in [0.717, 1.165) is 69.0 Å². The molecule has 0 N–H and O–H groups in total. The zero-order chi connectivity index (χ0) is 18.1. The van der Waals surface area contributed by atoms with Gasteiger partial charge < -0.3 is 14.7 Å². The average molecular weight is 358 g/mol. The lowest BCUT2D eigenvalue weighted by atomic mass is 9.93. The topological polar surface area (TPSA) is 52.6 Å². The molecule has 6 nitrogen and oxygen atoms in total. The van der Waals surface area contributed by atoms with Crippen molar-refractivity contribution in [3.63, 3.8) is 0 Å². The number of carbonyl (C=O) groups excluding carboxylic acids is 1. The van der Waals surface area contributed by atoms with Crippen LogP contribution in [0.4, 0.5) is 11.8 Å². The van der Waals surface area contributed by atoms with Crippen molar-refractivity contribution in [1.82, 2.24) is 14.9 Å². The first-order chi connectivity index (χ1) is 12.6. The van der Waals surface area contributed by atoms with E-state index in [1.54, 1.807) is 0 Å². The van der Waals surface area contributed by atoms with Gasteiger partial charge in [0.2, 0.25) is 11.9 Å². The van der Waals surface area contributed by atoms with Gasteiger partial charge in [0, 0.05) is 52.9 Å². The van der Waals surface area contributed by atoms with E-state index in [9.17, 15) is 4.79 Å². The Hall–Kier alpha value is -1.85. The molecule has 0 bridgehead atoms. The van der Waals surface area contributed by atoms with Gasteiger partial charge in [0.05, 0.1) is 0 Å². The van der Waals surface area contributed by atoms with Crippen molar-refractivity contribution in [2.75, 3.05) is 50.1 Å². The van der Waals surface area contributed by atoms with Crippen LogP contribution in [0.15, 0.2) is 12.3 Å². The van der Waals surface area contributed by atoms with E-state index in [1.165, 1.54) is 19.3 Å². The molecule has 142 valence electrons. The molecule has 2 unspecified atom stereocenters. The first-order valence-corrected chi connectivity index (χ1v) is 10.1. The number of hydrogen-bond donors (Lipinski definition) is 0. The monoisotopic (exact) mass is 357 g/mol. The van der Waals surface area contributed by atoms with Gasteiger partial charge in [-0.25, -0.2) is 4.98 Å². The summed E-state index contributed by atoms with van der Waals surface area (Å²) in [5, 5.41) is 0. The normalized spacial score (nSPS) is 26.2. The lowest BCUT2D eigenvalue weighted by Crippen LogP contribution is -2.38. The van der Waals surface area contributed by atoms with Gasteiger partial charge in [-0.1, -0.05) is 6.42 Å². The molecular formula is C20H31N5O. The first kappa shape index (κ1) is 17.6. The van der Waals surface area contributed by atoms with Crippen LogP contribution < -0.4 is 9.80 Å². The van der Waals surface area contributed by atoms with Gasteiger partial charge in [-0.2, -0.15) is 4.98 Å². The molecule has 3 fully saturated rings. The molecule has 3 heterocycles. The van der Waals surface area contributed by atoms with Crippen LogP contribution in [0.2, 0.25) is 0 Å². The molecule has 1 aromatic heterocycles. The van der Waals surface area contributed by atoms with E-state index in [2.05, 4.69) is 19.8 Å². The fraction of sp³-hybridized carbons (Fsp3) is 0.750. The second-order valence-corrected chi connectivity index (χ2v) is 8.49. The Morgan fingerprint density at radius 3 is 2.50 bits per heavy atom. The number of nitrogens with zero attached hydrogens (tertiary/aromatic N) is 5. The van der Waals surface area contributed by atoms with Crippen molar-refractivity contribution in [3.8, 4) is 0 Å². The van der Waals surface area contributed by atoms with Gasteiger partial charge in [0.15, 0.2) is 0 Å². The summed E-state index contributed by atoms with van der Waals surface area (Å²) < 4.78 is 0. The molecular weight excluding hydrogens is 326 g/mol. The van der Waals surface area contributed by atoms with Gasteiger partial charge >= 0.3 is 0 Å². The van der Waals surface area contributed by atoms with E-state index in [0.29, 0.717) is 11.8 Å². The molecule has 1 saturated carbocycles. The van der Waals surface area contributed by atoms with E-state index < -0.39 is 0 Å². The van der Waals surface area contributed by atoms with Gasteiger partial charge in [-0.05, 0) is 49.5 Å². The zero-order valence-electron chi connectivity index (χ0n) is 16.1. The zero-order valence-corrected chi connectivity index (χ0v) is 16.1. The molecule has 1 amide bonds. The predicted octanol–water partition coefficient (Wildman–Crippen LogP) is 2.41. The molecule has 0 spiro atoms. The second-order valence-electron chi connectivity index (χ2n) is 8.49. The Morgan fingerprint density at radius 1 is 1.15 bits per heavy atom. The number of amides is 1. The Balaban J connectivity index is 1.27. The van der Waals surface area contributed by atoms with Crippen LogP contribution in [-0.2, 0) is 4.79 Å². The van der Waals surface area contributed by atoms with Crippen molar-refractivity contribution in [1.29, 1.82) is 0 Å². The van der Waals surface area contributed by atoms with Gasteiger partial charge in [-0.3, -0.25) is 4.79 Å². The summed E-state index contributed by atoms with van der Waals surface area (Å²) >= 11 is 0. The van der Waals surface area contributed by atoms with Crippen LogP contribution in [0.25, 0.3) is 0 Å². The molecule has 2 aliphatic heterocycles. The third-order valence-electron chi connectivity index (χ3n) is 6.53. The number of hydrogen-bond acceptors (Lipinski definition) is 5. The average Bonchev–Trinajstić information content (AvgIpc) is 3.24. The Bertz CT molecular complexity index is 629. The highest BCUT2D eigenvalue weighted by Crippen LogP contribution is 2.38. The quantitative estimate of drug-likeness (QED) is 0.828. The van der Waals surface area contributed by atoms with Crippen LogP contribution in [-0.4, -0.2) is 61.0 Å². The van der Waals surface area contributed by atoms with E-state index >= 15 is 0 Å². The van der Waals surface area contributed by atoms with Crippen LogP contribution >= 0.6 is 0 Å². The molecule has 0 radical (unpaired) electrons. The maximum Gasteiger partial charge on any atom is 0.227 e. The molecule has 2 atom stereocenters. The minimum Gasteiger partial charge on any atom is -0.363 e. The summed E-state index contributed by atoms with van der Waals surface area (Å²) in [7, 11) is 3.99. The maximum atomic E-state index is 12.7. The van der Waals surface area contributed by atoms with E-state index in [4.69, 9.17) is 0 Å². The molecule has 1 aliphatic carbocycles. The summed E-state index contributed by atoms with van der Waals surface area (Å²) in [4.78, 5) is 28.2. The van der Waals surface area contributed by atoms with Crippen molar-refractivity contribution in [2.24, 2.45) is 17.8 Å². The Kier molecular flexibility index (Phi) is 5.00. The van der Waals surface area contributed by atoms with Crippen molar-refractivity contribution in [2.45, 2.75) is 38.5 Å². The van der Waals surface area contributed by atoms with Crippen molar-refractivity contribution < 1.29 is 4.79 Å². The minimum absolute atomic E-state index is 0.392. The molecule has 6 heteroatoms. The third kappa shape index (κ3) is 3.64. The SMILES string of the molecule is CN(C)c1ccnc(N2CCC(CC(=O)N3CC4CCCC4C3)CC2)n1. The molecule has 26 heavy (non-hydrogen) atoms. The Morgan fingerprint density at radius 2 is 1.85 bits per heavy atom. The van der Waals surface area contributed by atoms with Crippen LogP contribution in [0.1, 0.15) is 38.5 Å². The lowest BCUT2D eigenvalue weighted by Gasteiger charge is -2.32. The number of carbonyl (C=O) groups is 1. The van der Waals surface area contributed by atoms with Crippen LogP contribution in [0, 0.1) is 17.8 Å². The Labute approximate surface area is 156 Å². The minimum atomic E-state index is 0.392. The second kappa shape index (κ2) is 7.41. The fourth-order valence-electron chi connectivity index (χ4n) is 4.89. The van der Waals surface area contributed by atoms with E-state index in [1.807, 2.05) is 31.3 Å². The molecule has 3 aliphatic rings. The number of fused-ring (bicyclic) bond motifs is 1. The lowest BCUT2D eigenvalue weighted by molar-refractivity contribution is -0.131. The standard InChI is InChI=1S/C20H31N5O/c1-23(2)18-6-9-21-20(22-18)24-10-7-15(8-11-24)12-19(26)25-13-16-4-3-5-17(16)14-25/h6,9,15-17H,3-5,7-8,10-14H2,1-2H3. The highest BCUT2D eigenvalue weighted by molar-refractivity contribution is 5.76. The largest absolute Gasteiger partial charge is 0.363 e. The number of aromatic nitrogens is 2. The maximum absolute atomic E-state index is 12.7. The predicted molar refractivity (Wildman–Crippen MR) is 103 cm³/mol. The molecule has 2 saturated heterocycles. The van der Waals surface area contributed by atoms with Gasteiger partial charge in [-0.15, -0.1) is 0 Å². The molecule has 0 aromatic carbocycles. The van der Waals surface area contributed by atoms with Crippen LogP contribution in [0.5, 0.6) is 0 Å². The highest BCUT2D eigenvalue weighted by atomic mass is 16.2. The number of piperidine rings is 1. The summed E-state index contributed by atoms with van der Waals surface area (Å²) in [5.74, 6) is 4.24. The smallest absolute Gasteiger partial charge is 0.227 e. The number of rotatable bonds is 4. The first-order valence-electron chi connectivity index (χ1n) is 10.1. The van der Waals surface area contributed by atoms with E-state index in [-0.39, 0.29) is 0 Å². The summed E-state index contributed by atoms with van der Waals surface area (Å²) in [6.45, 7) is 3.93.